The molecule has 0 aromatic heterocycles. The zero-order chi connectivity index (χ0) is 23.4. The molecular formula is C25H17Cl2N3O3. The molecule has 8 heteroatoms. The molecule has 0 spiro atoms. The van der Waals surface area contributed by atoms with E-state index in [0.717, 1.165) is 5.56 Å². The van der Waals surface area contributed by atoms with Gasteiger partial charge in [0.25, 0.3) is 11.6 Å². The monoisotopic (exact) mass is 477 g/mol. The fourth-order valence-electron chi connectivity index (χ4n) is 4.99. The Morgan fingerprint density at radius 1 is 1.03 bits per heavy atom. The van der Waals surface area contributed by atoms with Gasteiger partial charge < -0.3 is 4.90 Å². The number of carbonyl (C=O) groups is 1. The minimum atomic E-state index is -1.54. The normalized spacial score (nSPS) is 24.2. The number of hydrogen-bond acceptors (Lipinski definition) is 4. The van der Waals surface area contributed by atoms with Crippen molar-refractivity contribution in [3.63, 3.8) is 0 Å². The van der Waals surface area contributed by atoms with Gasteiger partial charge in [-0.05, 0) is 23.3 Å². The molecule has 0 saturated heterocycles. The summed E-state index contributed by atoms with van der Waals surface area (Å²) in [5.74, 6) is -0.764. The van der Waals surface area contributed by atoms with Crippen LogP contribution < -0.4 is 0 Å². The molecule has 0 N–H and O–H groups in total. The molecule has 3 atom stereocenters. The molecule has 164 valence electrons. The lowest BCUT2D eigenvalue weighted by Crippen LogP contribution is -2.54. The molecule has 6 nitrogen and oxygen atoms in total. The Hall–Kier alpha value is -3.40. The number of alkyl halides is 2. The first-order valence-electron chi connectivity index (χ1n) is 10.3. The van der Waals surface area contributed by atoms with Crippen LogP contribution in [0.15, 0.2) is 78.9 Å². The summed E-state index contributed by atoms with van der Waals surface area (Å²) < 4.78 is -1.28. The summed E-state index contributed by atoms with van der Waals surface area (Å²) in [4.78, 5) is 26.5. The van der Waals surface area contributed by atoms with Crippen molar-refractivity contribution in [2.24, 2.45) is 0 Å². The van der Waals surface area contributed by atoms with Gasteiger partial charge in [0.05, 0.1) is 17.0 Å². The third-order valence-electron chi connectivity index (χ3n) is 6.51. The maximum absolute atomic E-state index is 13.8. The van der Waals surface area contributed by atoms with Crippen LogP contribution in [-0.2, 0) is 12.0 Å². The van der Waals surface area contributed by atoms with Crippen molar-refractivity contribution < 1.29 is 9.72 Å². The van der Waals surface area contributed by atoms with Gasteiger partial charge in [-0.2, -0.15) is 5.26 Å². The first kappa shape index (κ1) is 21.4. The predicted molar refractivity (Wildman–Crippen MR) is 124 cm³/mol. The Kier molecular flexibility index (Phi) is 4.93. The van der Waals surface area contributed by atoms with Crippen LogP contribution in [0.3, 0.4) is 0 Å². The van der Waals surface area contributed by atoms with E-state index >= 15 is 0 Å². The van der Waals surface area contributed by atoms with Crippen molar-refractivity contribution in [2.45, 2.75) is 28.3 Å². The van der Waals surface area contributed by atoms with E-state index in [-0.39, 0.29) is 18.0 Å². The van der Waals surface area contributed by atoms with Crippen LogP contribution in [0.1, 0.15) is 33.0 Å². The molecule has 0 bridgehead atoms. The van der Waals surface area contributed by atoms with E-state index in [4.69, 9.17) is 23.2 Å². The van der Waals surface area contributed by atoms with Crippen LogP contribution in [0.5, 0.6) is 0 Å². The SMILES string of the molecule is N#C[C@]1(Cc2ccccc2[N+](=O)[O-])c2ccccc2[C@@H]2[C@@H](N1C(=O)c1ccccc1)C2(Cl)Cl. The number of carbonyl (C=O) groups excluding carboxylic acids is 1. The maximum atomic E-state index is 13.8. The van der Waals surface area contributed by atoms with Crippen LogP contribution in [0, 0.1) is 21.4 Å². The van der Waals surface area contributed by atoms with Gasteiger partial charge in [-0.1, -0.05) is 83.9 Å². The van der Waals surface area contributed by atoms with Crippen LogP contribution in [0.25, 0.3) is 0 Å². The summed E-state index contributed by atoms with van der Waals surface area (Å²) in [6.07, 6.45) is -0.0800. The lowest BCUT2D eigenvalue weighted by molar-refractivity contribution is -0.385. The minimum absolute atomic E-state index is 0.0800. The van der Waals surface area contributed by atoms with Gasteiger partial charge in [-0.25, -0.2) is 0 Å². The van der Waals surface area contributed by atoms with E-state index in [1.54, 1.807) is 60.7 Å². The summed E-state index contributed by atoms with van der Waals surface area (Å²) in [5, 5.41) is 22.4. The molecule has 1 aliphatic heterocycles. The molecule has 2 aliphatic rings. The van der Waals surface area contributed by atoms with E-state index in [1.807, 2.05) is 12.1 Å². The van der Waals surface area contributed by atoms with Crippen molar-refractivity contribution in [1.82, 2.24) is 4.90 Å². The number of halogens is 2. The van der Waals surface area contributed by atoms with Crippen molar-refractivity contribution in [3.05, 3.63) is 111 Å². The van der Waals surface area contributed by atoms with Crippen molar-refractivity contribution in [1.29, 1.82) is 5.26 Å². The van der Waals surface area contributed by atoms with Gasteiger partial charge in [0.2, 0.25) is 0 Å². The van der Waals surface area contributed by atoms with Gasteiger partial charge in [-0.15, -0.1) is 0 Å². The first-order valence-corrected chi connectivity index (χ1v) is 11.1. The van der Waals surface area contributed by atoms with Crippen LogP contribution in [-0.4, -0.2) is 26.1 Å². The lowest BCUT2D eigenvalue weighted by Gasteiger charge is -2.43. The Bertz CT molecular complexity index is 1320. The van der Waals surface area contributed by atoms with E-state index in [1.165, 1.54) is 11.0 Å². The van der Waals surface area contributed by atoms with E-state index in [0.29, 0.717) is 16.7 Å². The molecule has 1 amide bonds. The van der Waals surface area contributed by atoms with Gasteiger partial charge >= 0.3 is 0 Å². The summed E-state index contributed by atoms with van der Waals surface area (Å²) >= 11 is 13.4. The smallest absolute Gasteiger partial charge is 0.272 e. The highest BCUT2D eigenvalue weighted by atomic mass is 35.5. The van der Waals surface area contributed by atoms with Gasteiger partial charge in [0.1, 0.15) is 4.33 Å². The molecule has 3 aromatic carbocycles. The molecule has 1 saturated carbocycles. The minimum Gasteiger partial charge on any atom is -0.309 e. The number of nitro benzene ring substituents is 1. The first-order chi connectivity index (χ1) is 15.8. The number of amides is 1. The molecule has 0 unspecified atom stereocenters. The highest BCUT2D eigenvalue weighted by molar-refractivity contribution is 6.52. The Balaban J connectivity index is 1.75. The average molecular weight is 478 g/mol. The molecule has 3 aromatic rings. The highest BCUT2D eigenvalue weighted by Gasteiger charge is 2.74. The Morgan fingerprint density at radius 2 is 1.67 bits per heavy atom. The standard InChI is InChI=1S/C25H17Cl2N3O3/c26-25(27)21-18-11-5-6-12-19(18)24(15-28,14-17-10-4-7-13-20(17)30(32)33)29(22(21)25)23(31)16-8-2-1-3-9-16/h1-13,21-22H,14H2/t21-,22-,24-/m1/s1. The number of rotatable bonds is 4. The molecule has 33 heavy (non-hydrogen) atoms. The molecule has 0 radical (unpaired) electrons. The zero-order valence-corrected chi connectivity index (χ0v) is 18.7. The number of fused-ring (bicyclic) bond motifs is 3. The largest absolute Gasteiger partial charge is 0.309 e. The van der Waals surface area contributed by atoms with Gasteiger partial charge in [0.15, 0.2) is 5.54 Å². The van der Waals surface area contributed by atoms with Gasteiger partial charge in [-0.3, -0.25) is 14.9 Å². The molecule has 1 heterocycles. The van der Waals surface area contributed by atoms with E-state index in [2.05, 4.69) is 6.07 Å². The zero-order valence-electron chi connectivity index (χ0n) is 17.2. The summed E-state index contributed by atoms with van der Waals surface area (Å²) in [6, 6.07) is 23.8. The van der Waals surface area contributed by atoms with Crippen LogP contribution >= 0.6 is 23.2 Å². The van der Waals surface area contributed by atoms with Crippen LogP contribution in [0.2, 0.25) is 0 Å². The molecule has 5 rings (SSSR count). The third-order valence-corrected chi connectivity index (χ3v) is 7.42. The number of nitro groups is 1. The average Bonchev–Trinajstić information content (AvgIpc) is 3.40. The number of benzene rings is 3. The Labute approximate surface area is 200 Å². The fraction of sp³-hybridized carbons (Fsp3) is 0.200. The second-order valence-corrected chi connectivity index (χ2v) is 9.70. The third kappa shape index (κ3) is 3.12. The predicted octanol–water partition coefficient (Wildman–Crippen LogP) is 5.35. The maximum Gasteiger partial charge on any atom is 0.272 e. The number of hydrogen-bond donors (Lipinski definition) is 0. The number of nitriles is 1. The molecule has 1 aliphatic carbocycles. The summed E-state index contributed by atoms with van der Waals surface area (Å²) in [5.41, 5.74) is 0.441. The topological polar surface area (TPSA) is 87.2 Å². The second kappa shape index (κ2) is 7.58. The number of para-hydroxylation sites is 1. The van der Waals surface area contributed by atoms with Crippen LogP contribution in [0.4, 0.5) is 5.69 Å². The molecular weight excluding hydrogens is 461 g/mol. The molecule has 1 fully saturated rings. The lowest BCUT2D eigenvalue weighted by atomic mass is 9.76. The summed E-state index contributed by atoms with van der Waals surface area (Å²) in [7, 11) is 0. The second-order valence-electron chi connectivity index (χ2n) is 8.26. The summed E-state index contributed by atoms with van der Waals surface area (Å²) in [6.45, 7) is 0. The van der Waals surface area contributed by atoms with Crippen molar-refractivity contribution >= 4 is 34.8 Å². The van der Waals surface area contributed by atoms with Gasteiger partial charge in [0, 0.05) is 29.5 Å². The van der Waals surface area contributed by atoms with Crippen molar-refractivity contribution in [3.8, 4) is 6.07 Å². The fourth-order valence-corrected chi connectivity index (χ4v) is 5.78. The van der Waals surface area contributed by atoms with E-state index < -0.39 is 26.7 Å². The highest BCUT2D eigenvalue weighted by Crippen LogP contribution is 2.68. The Morgan fingerprint density at radius 3 is 2.36 bits per heavy atom. The number of nitrogens with zero attached hydrogens (tertiary/aromatic N) is 3. The van der Waals surface area contributed by atoms with E-state index in [9.17, 15) is 20.2 Å². The quantitative estimate of drug-likeness (QED) is 0.287. The van der Waals surface area contributed by atoms with Crippen molar-refractivity contribution in [2.75, 3.05) is 0 Å².